The van der Waals surface area contributed by atoms with Crippen LogP contribution >= 0.6 is 22.9 Å². The number of halogens is 1. The summed E-state index contributed by atoms with van der Waals surface area (Å²) in [5.41, 5.74) is 6.68. The van der Waals surface area contributed by atoms with Crippen molar-refractivity contribution in [3.8, 4) is 0 Å². The summed E-state index contributed by atoms with van der Waals surface area (Å²) in [6.07, 6.45) is 0.945. The van der Waals surface area contributed by atoms with E-state index in [0.29, 0.717) is 16.3 Å². The third-order valence-electron chi connectivity index (χ3n) is 2.50. The lowest BCUT2D eigenvalue weighted by Gasteiger charge is -2.01. The van der Waals surface area contributed by atoms with Crippen LogP contribution in [0.1, 0.15) is 27.0 Å². The fourth-order valence-corrected chi connectivity index (χ4v) is 2.59. The SMILES string of the molecule is CCc1ccc(C(=O)c2ccc(N)c(Cl)c2)s1. The molecular formula is C13H12ClNOS. The molecule has 1 aromatic heterocycles. The van der Waals surface area contributed by atoms with Gasteiger partial charge in [-0.1, -0.05) is 18.5 Å². The molecule has 0 aliphatic rings. The van der Waals surface area contributed by atoms with Crippen molar-refractivity contribution in [2.45, 2.75) is 13.3 Å². The molecule has 0 saturated carbocycles. The van der Waals surface area contributed by atoms with Crippen molar-refractivity contribution in [2.75, 3.05) is 5.73 Å². The Balaban J connectivity index is 2.33. The van der Waals surface area contributed by atoms with Crippen molar-refractivity contribution in [3.63, 3.8) is 0 Å². The largest absolute Gasteiger partial charge is 0.398 e. The van der Waals surface area contributed by atoms with Crippen LogP contribution in [0.3, 0.4) is 0 Å². The molecule has 0 radical (unpaired) electrons. The average Bonchev–Trinajstić information content (AvgIpc) is 2.80. The highest BCUT2D eigenvalue weighted by atomic mass is 35.5. The molecular weight excluding hydrogens is 254 g/mol. The highest BCUT2D eigenvalue weighted by Crippen LogP contribution is 2.24. The van der Waals surface area contributed by atoms with Crippen LogP contribution in [0, 0.1) is 0 Å². The van der Waals surface area contributed by atoms with E-state index >= 15 is 0 Å². The first-order valence-electron chi connectivity index (χ1n) is 5.30. The van der Waals surface area contributed by atoms with E-state index in [0.717, 1.165) is 11.3 Å². The molecule has 0 atom stereocenters. The number of carbonyl (C=O) groups excluding carboxylic acids is 1. The van der Waals surface area contributed by atoms with E-state index in [9.17, 15) is 4.79 Å². The maximum Gasteiger partial charge on any atom is 0.203 e. The Morgan fingerprint density at radius 1 is 1.35 bits per heavy atom. The van der Waals surface area contributed by atoms with E-state index in [4.69, 9.17) is 17.3 Å². The predicted molar refractivity (Wildman–Crippen MR) is 73.0 cm³/mol. The molecule has 1 heterocycles. The molecule has 1 aromatic carbocycles. The number of hydrogen-bond donors (Lipinski definition) is 1. The number of aryl methyl sites for hydroxylation is 1. The Kier molecular flexibility index (Phi) is 3.50. The number of hydrogen-bond acceptors (Lipinski definition) is 3. The molecule has 0 aliphatic carbocycles. The van der Waals surface area contributed by atoms with Crippen molar-refractivity contribution in [3.05, 3.63) is 50.7 Å². The van der Waals surface area contributed by atoms with Gasteiger partial charge in [0.25, 0.3) is 0 Å². The Bertz CT molecular complexity index is 562. The third kappa shape index (κ3) is 2.51. The molecule has 0 unspecified atom stereocenters. The lowest BCUT2D eigenvalue weighted by molar-refractivity contribution is 0.104. The Hall–Kier alpha value is -1.32. The summed E-state index contributed by atoms with van der Waals surface area (Å²) < 4.78 is 0. The maximum absolute atomic E-state index is 12.2. The van der Waals surface area contributed by atoms with Crippen LogP contribution in [0.4, 0.5) is 5.69 Å². The van der Waals surface area contributed by atoms with Crippen molar-refractivity contribution >= 4 is 34.4 Å². The van der Waals surface area contributed by atoms with Crippen LogP contribution in [0.15, 0.2) is 30.3 Å². The molecule has 88 valence electrons. The fraction of sp³-hybridized carbons (Fsp3) is 0.154. The van der Waals surface area contributed by atoms with Crippen LogP contribution in [-0.2, 0) is 6.42 Å². The summed E-state index contributed by atoms with van der Waals surface area (Å²) in [5, 5.41) is 0.420. The zero-order chi connectivity index (χ0) is 12.4. The quantitative estimate of drug-likeness (QED) is 0.678. The zero-order valence-corrected chi connectivity index (χ0v) is 10.9. The first-order chi connectivity index (χ1) is 8.11. The van der Waals surface area contributed by atoms with Crippen LogP contribution < -0.4 is 5.73 Å². The summed E-state index contributed by atoms with van der Waals surface area (Å²) in [6, 6.07) is 8.82. The van der Waals surface area contributed by atoms with Gasteiger partial charge in [0.05, 0.1) is 15.6 Å². The third-order valence-corrected chi connectivity index (χ3v) is 4.05. The van der Waals surface area contributed by atoms with Gasteiger partial charge in [-0.3, -0.25) is 4.79 Å². The van der Waals surface area contributed by atoms with Gasteiger partial charge in [-0.2, -0.15) is 0 Å². The molecule has 4 heteroatoms. The van der Waals surface area contributed by atoms with E-state index in [1.54, 1.807) is 18.2 Å². The molecule has 17 heavy (non-hydrogen) atoms. The molecule has 0 saturated heterocycles. The molecule has 0 bridgehead atoms. The second-order valence-electron chi connectivity index (χ2n) is 3.68. The Morgan fingerprint density at radius 3 is 2.71 bits per heavy atom. The van der Waals surface area contributed by atoms with Crippen LogP contribution in [0.25, 0.3) is 0 Å². The predicted octanol–water partition coefficient (Wildman–Crippen LogP) is 3.78. The van der Waals surface area contributed by atoms with E-state index in [1.165, 1.54) is 16.2 Å². The van der Waals surface area contributed by atoms with Gasteiger partial charge < -0.3 is 5.73 Å². The smallest absolute Gasteiger partial charge is 0.203 e. The number of rotatable bonds is 3. The molecule has 2 aromatic rings. The fourth-order valence-electron chi connectivity index (χ4n) is 1.50. The van der Waals surface area contributed by atoms with Gasteiger partial charge in [-0.15, -0.1) is 11.3 Å². The highest BCUT2D eigenvalue weighted by Gasteiger charge is 2.12. The summed E-state index contributed by atoms with van der Waals surface area (Å²) >= 11 is 7.43. The summed E-state index contributed by atoms with van der Waals surface area (Å²) in [5.74, 6) is -0.00315. The second-order valence-corrected chi connectivity index (χ2v) is 5.26. The van der Waals surface area contributed by atoms with Gasteiger partial charge in [0, 0.05) is 10.4 Å². The summed E-state index contributed by atoms with van der Waals surface area (Å²) in [4.78, 5) is 14.1. The lowest BCUT2D eigenvalue weighted by Crippen LogP contribution is -1.99. The number of benzene rings is 1. The first-order valence-corrected chi connectivity index (χ1v) is 6.49. The summed E-state index contributed by atoms with van der Waals surface area (Å²) in [6.45, 7) is 2.07. The lowest BCUT2D eigenvalue weighted by atomic mass is 10.1. The van der Waals surface area contributed by atoms with Gasteiger partial charge in [0.1, 0.15) is 0 Å². The highest BCUT2D eigenvalue weighted by molar-refractivity contribution is 7.14. The number of nitrogens with two attached hydrogens (primary N) is 1. The Morgan fingerprint density at radius 2 is 2.12 bits per heavy atom. The van der Waals surface area contributed by atoms with Gasteiger partial charge in [-0.25, -0.2) is 0 Å². The number of anilines is 1. The van der Waals surface area contributed by atoms with Crippen molar-refractivity contribution in [1.29, 1.82) is 0 Å². The Labute approximate surface area is 109 Å². The van der Waals surface area contributed by atoms with Crippen LogP contribution in [0.5, 0.6) is 0 Å². The number of ketones is 1. The molecule has 2 N–H and O–H groups in total. The normalized spacial score (nSPS) is 10.5. The van der Waals surface area contributed by atoms with Gasteiger partial charge in [-0.05, 0) is 36.8 Å². The second kappa shape index (κ2) is 4.90. The molecule has 2 nitrogen and oxygen atoms in total. The molecule has 0 fully saturated rings. The minimum atomic E-state index is -0.00315. The molecule has 0 spiro atoms. The molecule has 2 rings (SSSR count). The van der Waals surface area contributed by atoms with Gasteiger partial charge >= 0.3 is 0 Å². The van der Waals surface area contributed by atoms with Crippen molar-refractivity contribution in [1.82, 2.24) is 0 Å². The average molecular weight is 266 g/mol. The minimum absolute atomic E-state index is 0.00315. The van der Waals surface area contributed by atoms with Crippen molar-refractivity contribution < 1.29 is 4.79 Å². The minimum Gasteiger partial charge on any atom is -0.398 e. The van der Waals surface area contributed by atoms with Crippen molar-refractivity contribution in [2.24, 2.45) is 0 Å². The maximum atomic E-state index is 12.2. The van der Waals surface area contributed by atoms with E-state index in [-0.39, 0.29) is 5.78 Å². The van der Waals surface area contributed by atoms with E-state index in [2.05, 4.69) is 6.92 Å². The topological polar surface area (TPSA) is 43.1 Å². The zero-order valence-electron chi connectivity index (χ0n) is 9.37. The van der Waals surface area contributed by atoms with E-state index in [1.807, 2.05) is 12.1 Å². The number of carbonyl (C=O) groups is 1. The van der Waals surface area contributed by atoms with Gasteiger partial charge in [0.2, 0.25) is 5.78 Å². The first kappa shape index (κ1) is 12.1. The van der Waals surface area contributed by atoms with Gasteiger partial charge in [0.15, 0.2) is 0 Å². The standard InChI is InChI=1S/C13H12ClNOS/c1-2-9-4-6-12(17-9)13(16)8-3-5-11(15)10(14)7-8/h3-7H,2,15H2,1H3. The van der Waals surface area contributed by atoms with E-state index < -0.39 is 0 Å². The number of nitrogen functional groups attached to an aromatic ring is 1. The summed E-state index contributed by atoms with van der Waals surface area (Å²) in [7, 11) is 0. The molecule has 0 aliphatic heterocycles. The monoisotopic (exact) mass is 265 g/mol. The molecule has 0 amide bonds. The van der Waals surface area contributed by atoms with Crippen LogP contribution in [-0.4, -0.2) is 5.78 Å². The number of thiophene rings is 1. The van der Waals surface area contributed by atoms with Crippen LogP contribution in [0.2, 0.25) is 5.02 Å².